The third kappa shape index (κ3) is 3.18. The normalized spacial score (nSPS) is 11.4. The molecular weight excluding hydrogens is 283 g/mol. The first-order valence-electron chi connectivity index (χ1n) is 5.67. The summed E-state index contributed by atoms with van der Waals surface area (Å²) in [4.78, 5) is 27.2. The van der Waals surface area contributed by atoms with Gasteiger partial charge in [0.05, 0.1) is 11.1 Å². The number of hydrogen-bond donors (Lipinski definition) is 0. The second-order valence-electron chi connectivity index (χ2n) is 3.89. The standard InChI is InChI=1S/C13H11FN2O3S/c1-8(17)16-12(19-9(2)18)7-20-13(16)15-11-5-3-10(14)4-6-11/h3-7H,1-2H3. The largest absolute Gasteiger partial charge is 0.408 e. The summed E-state index contributed by atoms with van der Waals surface area (Å²) in [7, 11) is 0. The number of benzene rings is 1. The van der Waals surface area contributed by atoms with E-state index in [2.05, 4.69) is 4.99 Å². The lowest BCUT2D eigenvalue weighted by atomic mass is 10.3. The zero-order valence-electron chi connectivity index (χ0n) is 10.8. The van der Waals surface area contributed by atoms with Gasteiger partial charge in [-0.1, -0.05) is 0 Å². The van der Waals surface area contributed by atoms with Crippen molar-refractivity contribution in [3.63, 3.8) is 0 Å². The number of aromatic nitrogens is 1. The Morgan fingerprint density at radius 1 is 1.25 bits per heavy atom. The van der Waals surface area contributed by atoms with Crippen molar-refractivity contribution < 1.29 is 18.7 Å². The monoisotopic (exact) mass is 294 g/mol. The lowest BCUT2D eigenvalue weighted by Crippen LogP contribution is -2.22. The number of carbonyl (C=O) groups excluding carboxylic acids is 2. The quantitative estimate of drug-likeness (QED) is 0.800. The van der Waals surface area contributed by atoms with Gasteiger partial charge in [0.15, 0.2) is 4.80 Å². The highest BCUT2D eigenvalue weighted by Gasteiger charge is 2.12. The topological polar surface area (TPSA) is 60.7 Å². The number of halogens is 1. The van der Waals surface area contributed by atoms with E-state index in [1.807, 2.05) is 0 Å². The molecule has 0 unspecified atom stereocenters. The van der Waals surface area contributed by atoms with Gasteiger partial charge in [-0.25, -0.2) is 13.9 Å². The molecule has 0 radical (unpaired) electrons. The molecule has 1 aromatic heterocycles. The first-order valence-corrected chi connectivity index (χ1v) is 6.55. The van der Waals surface area contributed by atoms with E-state index in [4.69, 9.17) is 4.74 Å². The second-order valence-corrected chi connectivity index (χ2v) is 4.73. The molecule has 2 rings (SSSR count). The summed E-state index contributed by atoms with van der Waals surface area (Å²) in [6, 6.07) is 5.53. The van der Waals surface area contributed by atoms with Gasteiger partial charge in [0.25, 0.3) is 0 Å². The number of esters is 1. The van der Waals surface area contributed by atoms with Crippen LogP contribution in [0, 0.1) is 5.82 Å². The highest BCUT2D eigenvalue weighted by atomic mass is 32.1. The maximum Gasteiger partial charge on any atom is 0.309 e. The molecule has 0 spiro atoms. The van der Waals surface area contributed by atoms with Crippen molar-refractivity contribution in [3.8, 4) is 5.88 Å². The van der Waals surface area contributed by atoms with E-state index >= 15 is 0 Å². The molecule has 20 heavy (non-hydrogen) atoms. The van der Waals surface area contributed by atoms with Gasteiger partial charge in [-0.2, -0.15) is 0 Å². The molecule has 0 aliphatic heterocycles. The molecule has 7 heteroatoms. The number of thiazole rings is 1. The summed E-state index contributed by atoms with van der Waals surface area (Å²) in [5, 5.41) is 1.52. The van der Waals surface area contributed by atoms with Gasteiger partial charge in [-0.05, 0) is 24.3 Å². The molecule has 5 nitrogen and oxygen atoms in total. The van der Waals surface area contributed by atoms with Gasteiger partial charge in [-0.3, -0.25) is 9.59 Å². The molecule has 0 aliphatic carbocycles. The van der Waals surface area contributed by atoms with Crippen LogP contribution in [0.3, 0.4) is 0 Å². The average molecular weight is 294 g/mol. The molecule has 0 saturated heterocycles. The van der Waals surface area contributed by atoms with Crippen LogP contribution in [0.4, 0.5) is 10.1 Å². The van der Waals surface area contributed by atoms with Crippen molar-refractivity contribution in [1.29, 1.82) is 0 Å². The molecule has 0 atom stereocenters. The maximum atomic E-state index is 12.8. The number of carbonyl (C=O) groups is 2. The molecular formula is C13H11FN2O3S. The van der Waals surface area contributed by atoms with Crippen LogP contribution >= 0.6 is 11.3 Å². The van der Waals surface area contributed by atoms with Crippen LogP contribution in [-0.4, -0.2) is 16.4 Å². The van der Waals surface area contributed by atoms with Crippen molar-refractivity contribution >= 4 is 28.9 Å². The predicted octanol–water partition coefficient (Wildman–Crippen LogP) is 2.51. The molecule has 0 saturated carbocycles. The average Bonchev–Trinajstić information content (AvgIpc) is 2.74. The fourth-order valence-corrected chi connectivity index (χ4v) is 2.35. The summed E-state index contributed by atoms with van der Waals surface area (Å²) in [5.74, 6) is -1.10. The minimum Gasteiger partial charge on any atom is -0.408 e. The lowest BCUT2D eigenvalue weighted by molar-refractivity contribution is -0.132. The van der Waals surface area contributed by atoms with Crippen LogP contribution in [0.25, 0.3) is 0 Å². The maximum absolute atomic E-state index is 12.8. The van der Waals surface area contributed by atoms with E-state index in [1.54, 1.807) is 0 Å². The number of rotatable bonds is 2. The third-order valence-corrected chi connectivity index (χ3v) is 3.10. The smallest absolute Gasteiger partial charge is 0.309 e. The Kier molecular flexibility index (Phi) is 4.09. The summed E-state index contributed by atoms with van der Waals surface area (Å²) in [5.41, 5.74) is 0.498. The molecule has 1 aromatic carbocycles. The lowest BCUT2D eigenvalue weighted by Gasteiger charge is -2.03. The van der Waals surface area contributed by atoms with E-state index in [9.17, 15) is 14.0 Å². The number of nitrogens with zero attached hydrogens (tertiary/aromatic N) is 2. The van der Waals surface area contributed by atoms with Crippen LogP contribution < -0.4 is 9.54 Å². The zero-order valence-corrected chi connectivity index (χ0v) is 11.6. The third-order valence-electron chi connectivity index (χ3n) is 2.29. The molecule has 0 bridgehead atoms. The molecule has 2 aromatic rings. The molecule has 1 heterocycles. The number of ether oxygens (including phenoxy) is 1. The molecule has 0 amide bonds. The fourth-order valence-electron chi connectivity index (χ4n) is 1.51. The van der Waals surface area contributed by atoms with Crippen LogP contribution in [0.1, 0.15) is 18.6 Å². The minimum atomic E-state index is -0.522. The van der Waals surface area contributed by atoms with E-state index < -0.39 is 5.97 Å². The molecule has 0 aliphatic rings. The van der Waals surface area contributed by atoms with Gasteiger partial charge in [-0.15, -0.1) is 11.3 Å². The minimum absolute atomic E-state index is 0.121. The summed E-state index contributed by atoms with van der Waals surface area (Å²) >= 11 is 1.15. The van der Waals surface area contributed by atoms with E-state index in [0.29, 0.717) is 10.5 Å². The van der Waals surface area contributed by atoms with Crippen molar-refractivity contribution in [3.05, 3.63) is 40.3 Å². The van der Waals surface area contributed by atoms with Gasteiger partial charge in [0, 0.05) is 13.8 Å². The fraction of sp³-hybridized carbons (Fsp3) is 0.154. The highest BCUT2D eigenvalue weighted by molar-refractivity contribution is 7.07. The highest BCUT2D eigenvalue weighted by Crippen LogP contribution is 2.15. The van der Waals surface area contributed by atoms with Gasteiger partial charge in [0.1, 0.15) is 5.82 Å². The van der Waals surface area contributed by atoms with Crippen molar-refractivity contribution in [1.82, 2.24) is 4.57 Å². The molecule has 104 valence electrons. The summed E-state index contributed by atoms with van der Waals surface area (Å²) in [6.07, 6.45) is 0. The predicted molar refractivity (Wildman–Crippen MR) is 71.5 cm³/mol. The Morgan fingerprint density at radius 2 is 1.90 bits per heavy atom. The van der Waals surface area contributed by atoms with Gasteiger partial charge >= 0.3 is 5.97 Å². The Balaban J connectivity index is 2.51. The summed E-state index contributed by atoms with van der Waals surface area (Å²) < 4.78 is 19.0. The van der Waals surface area contributed by atoms with Crippen LogP contribution in [-0.2, 0) is 4.79 Å². The van der Waals surface area contributed by atoms with Gasteiger partial charge in [0.2, 0.25) is 11.8 Å². The van der Waals surface area contributed by atoms with Crippen LogP contribution in [0.15, 0.2) is 34.6 Å². The Hall–Kier alpha value is -2.28. The first-order chi connectivity index (χ1) is 9.47. The van der Waals surface area contributed by atoms with Crippen molar-refractivity contribution in [2.75, 3.05) is 0 Å². The second kappa shape index (κ2) is 5.79. The summed E-state index contributed by atoms with van der Waals surface area (Å²) in [6.45, 7) is 2.59. The van der Waals surface area contributed by atoms with Gasteiger partial charge < -0.3 is 4.74 Å². The number of hydrogen-bond acceptors (Lipinski definition) is 5. The molecule has 0 N–H and O–H groups in total. The Morgan fingerprint density at radius 3 is 2.45 bits per heavy atom. The van der Waals surface area contributed by atoms with E-state index in [1.165, 1.54) is 48.1 Å². The SMILES string of the molecule is CC(=O)Oc1csc(=Nc2ccc(F)cc2)n1C(C)=O. The van der Waals surface area contributed by atoms with Crippen LogP contribution in [0.5, 0.6) is 5.88 Å². The van der Waals surface area contributed by atoms with Crippen LogP contribution in [0.2, 0.25) is 0 Å². The van der Waals surface area contributed by atoms with E-state index in [-0.39, 0.29) is 17.6 Å². The zero-order chi connectivity index (χ0) is 14.7. The van der Waals surface area contributed by atoms with Crippen molar-refractivity contribution in [2.45, 2.75) is 13.8 Å². The molecule has 0 fully saturated rings. The van der Waals surface area contributed by atoms with E-state index in [0.717, 1.165) is 11.3 Å². The Labute approximate surface area is 118 Å². The Bertz CT molecular complexity index is 716. The van der Waals surface area contributed by atoms with Crippen molar-refractivity contribution in [2.24, 2.45) is 4.99 Å². The first kappa shape index (κ1) is 14.1.